The number of likely N-dealkylation sites (tertiary alicyclic amines) is 1. The maximum atomic E-state index is 13.3. The molecule has 1 unspecified atom stereocenters. The van der Waals surface area contributed by atoms with Gasteiger partial charge in [0.2, 0.25) is 5.91 Å². The molecule has 8 heteroatoms. The van der Waals surface area contributed by atoms with Crippen molar-refractivity contribution in [3.05, 3.63) is 45.7 Å². The van der Waals surface area contributed by atoms with E-state index in [1.54, 1.807) is 0 Å². The van der Waals surface area contributed by atoms with Gasteiger partial charge in [-0.2, -0.15) is 0 Å². The summed E-state index contributed by atoms with van der Waals surface area (Å²) in [5, 5.41) is 9.99. The number of rotatable bonds is 12. The number of fused-ring (bicyclic) bond motifs is 1. The number of amides is 2. The molecule has 1 aliphatic heterocycles. The van der Waals surface area contributed by atoms with Crippen molar-refractivity contribution in [2.75, 3.05) is 53.9 Å². The Balaban J connectivity index is 2.15. The first-order valence-corrected chi connectivity index (χ1v) is 12.2. The first kappa shape index (κ1) is 27.2. The lowest BCUT2D eigenvalue weighted by atomic mass is 9.96. The number of allylic oxidation sites excluding steroid dienone is 3. The lowest BCUT2D eigenvalue weighted by molar-refractivity contribution is -0.126. The highest BCUT2D eigenvalue weighted by Crippen LogP contribution is 2.36. The van der Waals surface area contributed by atoms with Crippen LogP contribution in [0.1, 0.15) is 33.6 Å². The van der Waals surface area contributed by atoms with Gasteiger partial charge in [-0.3, -0.25) is 9.59 Å². The average Bonchev–Trinajstić information content (AvgIpc) is 2.98. The third-order valence-electron chi connectivity index (χ3n) is 5.93. The summed E-state index contributed by atoms with van der Waals surface area (Å²) in [4.78, 5) is 30.0. The Morgan fingerprint density at radius 3 is 2.67 bits per heavy atom. The minimum atomic E-state index is -0.0612. The number of nitrogens with zero attached hydrogens (tertiary/aromatic N) is 2. The van der Waals surface area contributed by atoms with Gasteiger partial charge in [0.15, 0.2) is 0 Å². The van der Waals surface area contributed by atoms with Crippen LogP contribution < -0.4 is 16.0 Å². The predicted octanol–water partition coefficient (Wildman–Crippen LogP) is 2.38. The molecular formula is C25H40ClN5O2. The molecule has 0 radical (unpaired) electrons. The van der Waals surface area contributed by atoms with E-state index in [4.69, 9.17) is 11.6 Å². The topological polar surface area (TPSA) is 76.7 Å². The molecule has 1 aliphatic carbocycles. The van der Waals surface area contributed by atoms with E-state index in [1.807, 2.05) is 65.0 Å². The van der Waals surface area contributed by atoms with Gasteiger partial charge in [0.05, 0.1) is 6.04 Å². The highest BCUT2D eigenvalue weighted by atomic mass is 35.5. The molecule has 2 aliphatic rings. The highest BCUT2D eigenvalue weighted by molar-refractivity contribution is 6.31. The zero-order valence-corrected chi connectivity index (χ0v) is 21.7. The second-order valence-electron chi connectivity index (χ2n) is 9.15. The molecule has 1 atom stereocenters. The van der Waals surface area contributed by atoms with E-state index in [-0.39, 0.29) is 23.8 Å². The van der Waals surface area contributed by atoms with Crippen molar-refractivity contribution in [3.63, 3.8) is 0 Å². The normalized spacial score (nSPS) is 20.2. The Bertz CT molecular complexity index is 842. The summed E-state index contributed by atoms with van der Waals surface area (Å²) >= 11 is 6.29. The number of hydrogen-bond donors (Lipinski definition) is 3. The Labute approximate surface area is 204 Å². The van der Waals surface area contributed by atoms with Crippen LogP contribution in [0.5, 0.6) is 0 Å². The first-order valence-electron chi connectivity index (χ1n) is 11.8. The smallest absolute Gasteiger partial charge is 0.254 e. The van der Waals surface area contributed by atoms with Crippen molar-refractivity contribution < 1.29 is 9.59 Å². The van der Waals surface area contributed by atoms with Crippen LogP contribution in [0, 0.1) is 5.92 Å². The Morgan fingerprint density at radius 2 is 2.03 bits per heavy atom. The van der Waals surface area contributed by atoms with Crippen molar-refractivity contribution in [1.29, 1.82) is 0 Å². The molecular weight excluding hydrogens is 438 g/mol. The number of hydrogen-bond acceptors (Lipinski definition) is 5. The van der Waals surface area contributed by atoms with Crippen LogP contribution in [0.2, 0.25) is 0 Å². The second kappa shape index (κ2) is 13.0. The Kier molecular flexibility index (Phi) is 10.7. The van der Waals surface area contributed by atoms with E-state index in [2.05, 4.69) is 20.9 Å². The van der Waals surface area contributed by atoms with Gasteiger partial charge in [0.1, 0.15) is 0 Å². The summed E-state index contributed by atoms with van der Waals surface area (Å²) in [6, 6.07) is 0.0502. The zero-order valence-electron chi connectivity index (χ0n) is 20.9. The lowest BCUT2D eigenvalue weighted by Crippen LogP contribution is -2.36. The summed E-state index contributed by atoms with van der Waals surface area (Å²) in [6.45, 7) is 9.34. The molecule has 0 spiro atoms. The van der Waals surface area contributed by atoms with Crippen LogP contribution in [0.15, 0.2) is 45.7 Å². The van der Waals surface area contributed by atoms with Crippen LogP contribution in [0.4, 0.5) is 0 Å². The Hall–Kier alpha value is -2.09. The van der Waals surface area contributed by atoms with Crippen LogP contribution in [0.25, 0.3) is 0 Å². The van der Waals surface area contributed by atoms with Crippen molar-refractivity contribution >= 4 is 23.4 Å². The van der Waals surface area contributed by atoms with Gasteiger partial charge in [-0.1, -0.05) is 37.6 Å². The largest absolute Gasteiger partial charge is 0.385 e. The monoisotopic (exact) mass is 477 g/mol. The molecule has 1 fully saturated rings. The van der Waals surface area contributed by atoms with Gasteiger partial charge < -0.3 is 25.8 Å². The number of likely N-dealkylation sites (N-methyl/N-ethyl adjacent to an activating group) is 1. The molecule has 33 heavy (non-hydrogen) atoms. The van der Waals surface area contributed by atoms with E-state index in [9.17, 15) is 9.59 Å². The molecule has 7 nitrogen and oxygen atoms in total. The minimum absolute atomic E-state index is 0.0502. The van der Waals surface area contributed by atoms with Crippen molar-refractivity contribution in [3.8, 4) is 0 Å². The van der Waals surface area contributed by atoms with Crippen molar-refractivity contribution in [1.82, 2.24) is 25.8 Å². The van der Waals surface area contributed by atoms with Crippen LogP contribution in [-0.4, -0.2) is 81.5 Å². The maximum Gasteiger partial charge on any atom is 0.254 e. The highest BCUT2D eigenvalue weighted by Gasteiger charge is 2.39. The van der Waals surface area contributed by atoms with E-state index >= 15 is 0 Å². The number of carbonyl (C=O) groups excluding carboxylic acids is 2. The van der Waals surface area contributed by atoms with E-state index in [0.717, 1.165) is 49.3 Å². The summed E-state index contributed by atoms with van der Waals surface area (Å²) < 4.78 is 0. The molecule has 2 amide bonds. The number of nitrogens with one attached hydrogen (secondary N) is 3. The van der Waals surface area contributed by atoms with E-state index < -0.39 is 0 Å². The van der Waals surface area contributed by atoms with Gasteiger partial charge >= 0.3 is 0 Å². The molecule has 0 aromatic carbocycles. The van der Waals surface area contributed by atoms with Gasteiger partial charge in [0.25, 0.3) is 5.91 Å². The van der Waals surface area contributed by atoms with Crippen LogP contribution in [-0.2, 0) is 9.59 Å². The lowest BCUT2D eigenvalue weighted by Gasteiger charge is -2.26. The first-order chi connectivity index (χ1) is 15.7. The van der Waals surface area contributed by atoms with E-state index in [1.165, 1.54) is 0 Å². The van der Waals surface area contributed by atoms with Gasteiger partial charge in [0, 0.05) is 48.1 Å². The summed E-state index contributed by atoms with van der Waals surface area (Å²) in [7, 11) is 5.94. The fraction of sp³-hybridized carbons (Fsp3) is 0.600. The SMILES string of the molecule is CNCCNC(=O)/C(=C(\C)NC/C=C1\C(=O)N(CCCN(C)C)C2CC=C(Cl)C=C12)C(C)C. The fourth-order valence-electron chi connectivity index (χ4n) is 4.31. The van der Waals surface area contributed by atoms with Crippen molar-refractivity contribution in [2.24, 2.45) is 5.92 Å². The minimum Gasteiger partial charge on any atom is -0.385 e. The number of halogens is 1. The molecule has 1 saturated heterocycles. The van der Waals surface area contributed by atoms with Gasteiger partial charge in [-0.15, -0.1) is 0 Å². The van der Waals surface area contributed by atoms with Crippen LogP contribution in [0.3, 0.4) is 0 Å². The Morgan fingerprint density at radius 1 is 1.30 bits per heavy atom. The molecule has 0 aromatic heterocycles. The van der Waals surface area contributed by atoms with Crippen LogP contribution >= 0.6 is 11.6 Å². The summed E-state index contributed by atoms with van der Waals surface area (Å²) in [5.74, 6) is 0.0744. The third-order valence-corrected chi connectivity index (χ3v) is 6.19. The molecule has 1 heterocycles. The van der Waals surface area contributed by atoms with E-state index in [0.29, 0.717) is 23.7 Å². The fourth-order valence-corrected chi connectivity index (χ4v) is 4.52. The average molecular weight is 478 g/mol. The number of carbonyl (C=O) groups is 2. The van der Waals surface area contributed by atoms with Gasteiger partial charge in [-0.05, 0) is 65.0 Å². The quantitative estimate of drug-likeness (QED) is 0.297. The van der Waals surface area contributed by atoms with Gasteiger partial charge in [-0.25, -0.2) is 0 Å². The zero-order chi connectivity index (χ0) is 24.5. The molecule has 0 aromatic rings. The molecule has 184 valence electrons. The second-order valence-corrected chi connectivity index (χ2v) is 9.58. The standard InChI is InChI=1S/C25H40ClN5O2/c1-17(2)23(24(32)29-13-12-27-4)18(3)28-11-10-20-21-16-19(26)8-9-22(21)31(25(20)33)15-7-14-30(5)6/h8,10,16-17,22,27-28H,7,9,11-15H2,1-6H3,(H,29,32)/b20-10-,23-18+. The summed E-state index contributed by atoms with van der Waals surface area (Å²) in [6.07, 6.45) is 7.50. The van der Waals surface area contributed by atoms with Crippen molar-refractivity contribution in [2.45, 2.75) is 39.7 Å². The molecule has 3 N–H and O–H groups in total. The molecule has 0 saturated carbocycles. The summed E-state index contributed by atoms with van der Waals surface area (Å²) in [5.41, 5.74) is 3.26. The third kappa shape index (κ3) is 7.45. The maximum absolute atomic E-state index is 13.3. The predicted molar refractivity (Wildman–Crippen MR) is 136 cm³/mol. The molecule has 2 rings (SSSR count). The molecule has 0 bridgehead atoms.